The Kier molecular flexibility index (Phi) is 3.34. The Morgan fingerprint density at radius 2 is 2.42 bits per heavy atom. The lowest BCUT2D eigenvalue weighted by Gasteiger charge is -2.01. The third-order valence-corrected chi connectivity index (χ3v) is 1.13. The van der Waals surface area contributed by atoms with Gasteiger partial charge in [-0.1, -0.05) is 0 Å². The number of methoxy groups -OCH3 is 1. The Bertz CT molecular complexity index is 245. The van der Waals surface area contributed by atoms with E-state index in [2.05, 4.69) is 20.3 Å². The molecule has 0 spiro atoms. The monoisotopic (exact) mass is 172 g/mol. The number of aromatic nitrogens is 3. The molecule has 0 saturated heterocycles. The van der Waals surface area contributed by atoms with Gasteiger partial charge < -0.3 is 10.1 Å². The second kappa shape index (κ2) is 4.55. The number of nitrogens with zero attached hydrogens (tertiary/aromatic N) is 3. The van der Waals surface area contributed by atoms with E-state index in [0.29, 0.717) is 13.2 Å². The van der Waals surface area contributed by atoms with Crippen LogP contribution in [0.4, 0.5) is 10.3 Å². The van der Waals surface area contributed by atoms with E-state index in [9.17, 15) is 4.39 Å². The topological polar surface area (TPSA) is 59.9 Å². The average Bonchev–Trinajstić information content (AvgIpc) is 2.05. The molecule has 1 heterocycles. The van der Waals surface area contributed by atoms with Crippen LogP contribution in [0.1, 0.15) is 0 Å². The van der Waals surface area contributed by atoms with Crippen molar-refractivity contribution < 1.29 is 9.13 Å². The zero-order valence-corrected chi connectivity index (χ0v) is 6.62. The Morgan fingerprint density at radius 3 is 3.08 bits per heavy atom. The smallest absolute Gasteiger partial charge is 0.313 e. The molecule has 0 atom stereocenters. The molecule has 0 aliphatic rings. The molecule has 0 aliphatic heterocycles. The standard InChI is InChI=1S/C6H9FN4O/c1-12-3-2-8-6-10-4-9-5(7)11-6/h4H,2-3H2,1H3,(H,8,9,10,11). The predicted octanol–water partition coefficient (Wildman–Crippen LogP) is 0.0690. The predicted molar refractivity (Wildman–Crippen MR) is 40.2 cm³/mol. The molecule has 1 N–H and O–H groups in total. The molecule has 1 aromatic rings. The summed E-state index contributed by atoms with van der Waals surface area (Å²) in [4.78, 5) is 10.3. The van der Waals surface area contributed by atoms with Crippen molar-refractivity contribution in [1.29, 1.82) is 0 Å². The van der Waals surface area contributed by atoms with E-state index in [4.69, 9.17) is 4.74 Å². The van der Waals surface area contributed by atoms with Crippen LogP contribution in [0.25, 0.3) is 0 Å². The van der Waals surface area contributed by atoms with Crippen molar-refractivity contribution in [2.75, 3.05) is 25.6 Å². The van der Waals surface area contributed by atoms with Crippen LogP contribution < -0.4 is 5.32 Å². The summed E-state index contributed by atoms with van der Waals surface area (Å²) in [7, 11) is 1.58. The summed E-state index contributed by atoms with van der Waals surface area (Å²) in [6.45, 7) is 1.06. The fourth-order valence-electron chi connectivity index (χ4n) is 0.626. The Balaban J connectivity index is 2.41. The largest absolute Gasteiger partial charge is 0.383 e. The molecule has 0 aliphatic carbocycles. The molecule has 0 saturated carbocycles. The molecule has 0 fully saturated rings. The zero-order valence-electron chi connectivity index (χ0n) is 6.62. The highest BCUT2D eigenvalue weighted by Gasteiger charge is 1.96. The first-order chi connectivity index (χ1) is 5.83. The van der Waals surface area contributed by atoms with Crippen LogP contribution >= 0.6 is 0 Å². The minimum Gasteiger partial charge on any atom is -0.383 e. The van der Waals surface area contributed by atoms with E-state index in [1.807, 2.05) is 0 Å². The molecule has 0 aromatic carbocycles. The van der Waals surface area contributed by atoms with E-state index in [-0.39, 0.29) is 5.95 Å². The Hall–Kier alpha value is -1.30. The number of hydrogen-bond donors (Lipinski definition) is 1. The average molecular weight is 172 g/mol. The van der Waals surface area contributed by atoms with E-state index in [1.165, 1.54) is 0 Å². The first kappa shape index (κ1) is 8.79. The van der Waals surface area contributed by atoms with Crippen molar-refractivity contribution >= 4 is 5.95 Å². The van der Waals surface area contributed by atoms with Gasteiger partial charge in [0.2, 0.25) is 5.95 Å². The van der Waals surface area contributed by atoms with E-state index < -0.39 is 6.08 Å². The molecule has 5 nitrogen and oxygen atoms in total. The number of halogens is 1. The van der Waals surface area contributed by atoms with Gasteiger partial charge in [0.25, 0.3) is 0 Å². The minimum absolute atomic E-state index is 0.222. The van der Waals surface area contributed by atoms with Crippen molar-refractivity contribution in [3.63, 3.8) is 0 Å². The van der Waals surface area contributed by atoms with Crippen molar-refractivity contribution in [2.45, 2.75) is 0 Å². The van der Waals surface area contributed by atoms with Crippen molar-refractivity contribution in [3.8, 4) is 0 Å². The number of nitrogens with one attached hydrogen (secondary N) is 1. The van der Waals surface area contributed by atoms with Crippen LogP contribution in [-0.2, 0) is 4.74 Å². The van der Waals surface area contributed by atoms with Gasteiger partial charge in [0.1, 0.15) is 6.33 Å². The van der Waals surface area contributed by atoms with Crippen LogP contribution in [0.15, 0.2) is 6.33 Å². The minimum atomic E-state index is -0.787. The Labute approximate surface area is 69.0 Å². The first-order valence-electron chi connectivity index (χ1n) is 3.40. The highest BCUT2D eigenvalue weighted by molar-refractivity contribution is 5.20. The highest BCUT2D eigenvalue weighted by atomic mass is 19.1. The molecule has 1 rings (SSSR count). The van der Waals surface area contributed by atoms with Crippen LogP contribution in [0.2, 0.25) is 0 Å². The molecule has 6 heteroatoms. The summed E-state index contributed by atoms with van der Waals surface area (Å²) in [5.74, 6) is 0.222. The van der Waals surface area contributed by atoms with Gasteiger partial charge in [0.15, 0.2) is 0 Å². The molecule has 0 amide bonds. The number of rotatable bonds is 4. The molecule has 0 bridgehead atoms. The maximum Gasteiger partial charge on any atom is 0.313 e. The van der Waals surface area contributed by atoms with Gasteiger partial charge in [0, 0.05) is 13.7 Å². The molecular formula is C6H9FN4O. The molecule has 1 aromatic heterocycles. The first-order valence-corrected chi connectivity index (χ1v) is 3.40. The molecule has 0 radical (unpaired) electrons. The van der Waals surface area contributed by atoms with Crippen LogP contribution in [0.3, 0.4) is 0 Å². The van der Waals surface area contributed by atoms with E-state index in [0.717, 1.165) is 6.33 Å². The zero-order chi connectivity index (χ0) is 8.81. The summed E-state index contributed by atoms with van der Waals surface area (Å²) < 4.78 is 17.1. The Morgan fingerprint density at radius 1 is 1.58 bits per heavy atom. The molecule has 66 valence electrons. The lowest BCUT2D eigenvalue weighted by Crippen LogP contribution is -2.11. The summed E-state index contributed by atoms with van der Waals surface area (Å²) in [5.41, 5.74) is 0. The second-order valence-corrected chi connectivity index (χ2v) is 2.00. The van der Waals surface area contributed by atoms with Gasteiger partial charge in [0.05, 0.1) is 6.61 Å². The lowest BCUT2D eigenvalue weighted by molar-refractivity contribution is 0.210. The molecular weight excluding hydrogens is 163 g/mol. The fraction of sp³-hybridized carbons (Fsp3) is 0.500. The van der Waals surface area contributed by atoms with Gasteiger partial charge >= 0.3 is 6.08 Å². The normalized spacial score (nSPS) is 9.83. The quantitative estimate of drug-likeness (QED) is 0.651. The summed E-state index contributed by atoms with van der Waals surface area (Å²) >= 11 is 0. The van der Waals surface area contributed by atoms with Gasteiger partial charge in [-0.15, -0.1) is 0 Å². The summed E-state index contributed by atoms with van der Waals surface area (Å²) in [6.07, 6.45) is 0.321. The summed E-state index contributed by atoms with van der Waals surface area (Å²) in [5, 5.41) is 2.76. The SMILES string of the molecule is COCCNc1ncnc(F)n1. The number of anilines is 1. The third kappa shape index (κ3) is 2.75. The molecule has 12 heavy (non-hydrogen) atoms. The second-order valence-electron chi connectivity index (χ2n) is 2.00. The number of hydrogen-bond acceptors (Lipinski definition) is 5. The van der Waals surface area contributed by atoms with Gasteiger partial charge in [-0.25, -0.2) is 4.98 Å². The van der Waals surface area contributed by atoms with Crippen molar-refractivity contribution in [3.05, 3.63) is 12.4 Å². The lowest BCUT2D eigenvalue weighted by atomic mass is 10.7. The van der Waals surface area contributed by atoms with Crippen molar-refractivity contribution in [1.82, 2.24) is 15.0 Å². The van der Waals surface area contributed by atoms with Crippen LogP contribution in [-0.4, -0.2) is 35.2 Å². The maximum atomic E-state index is 12.3. The van der Waals surface area contributed by atoms with Crippen LogP contribution in [0.5, 0.6) is 0 Å². The van der Waals surface area contributed by atoms with Crippen molar-refractivity contribution in [2.24, 2.45) is 0 Å². The number of ether oxygens (including phenoxy) is 1. The summed E-state index contributed by atoms with van der Waals surface area (Å²) in [6, 6.07) is 0. The van der Waals surface area contributed by atoms with Crippen LogP contribution in [0, 0.1) is 6.08 Å². The molecule has 0 unspecified atom stereocenters. The fourth-order valence-corrected chi connectivity index (χ4v) is 0.626. The van der Waals surface area contributed by atoms with Gasteiger partial charge in [-0.05, 0) is 0 Å². The van der Waals surface area contributed by atoms with Gasteiger partial charge in [-0.3, -0.25) is 0 Å². The van der Waals surface area contributed by atoms with Gasteiger partial charge in [-0.2, -0.15) is 14.4 Å². The maximum absolute atomic E-state index is 12.3. The van der Waals surface area contributed by atoms with E-state index in [1.54, 1.807) is 7.11 Å². The van der Waals surface area contributed by atoms with E-state index >= 15 is 0 Å². The third-order valence-electron chi connectivity index (χ3n) is 1.13. The highest BCUT2D eigenvalue weighted by Crippen LogP contribution is 1.93.